The fourth-order valence-corrected chi connectivity index (χ4v) is 4.46. The van der Waals surface area contributed by atoms with Gasteiger partial charge in [-0.3, -0.25) is 4.79 Å². The van der Waals surface area contributed by atoms with Crippen molar-refractivity contribution in [2.24, 2.45) is 0 Å². The molecule has 144 valence electrons. The number of carbonyl (C=O) groups is 1. The predicted molar refractivity (Wildman–Crippen MR) is 110 cm³/mol. The molecular formula is C21H20ClN3O2S. The molecule has 0 unspecified atom stereocenters. The number of nitrogens with one attached hydrogen (secondary N) is 1. The third kappa shape index (κ3) is 4.39. The van der Waals surface area contributed by atoms with Crippen LogP contribution in [0.3, 0.4) is 0 Å². The van der Waals surface area contributed by atoms with E-state index >= 15 is 0 Å². The Bertz CT molecular complexity index is 988. The van der Waals surface area contributed by atoms with Crippen LogP contribution in [0.25, 0.3) is 11.5 Å². The number of aromatic nitrogens is 2. The SMILES string of the molecule is Cc1ccc(-c2nnc(CCC(=O)N[C@@H]3CCSc4ccc(Cl)cc43)o2)cc1. The van der Waals surface area contributed by atoms with Crippen molar-refractivity contribution in [2.75, 3.05) is 5.75 Å². The Kier molecular flexibility index (Phi) is 5.69. The fraction of sp³-hybridized carbons (Fsp3) is 0.286. The summed E-state index contributed by atoms with van der Waals surface area (Å²) in [5, 5.41) is 12.0. The number of halogens is 1. The lowest BCUT2D eigenvalue weighted by Gasteiger charge is -2.26. The van der Waals surface area contributed by atoms with Crippen LogP contribution < -0.4 is 5.32 Å². The summed E-state index contributed by atoms with van der Waals surface area (Å²) >= 11 is 7.93. The van der Waals surface area contributed by atoms with Gasteiger partial charge in [0.2, 0.25) is 17.7 Å². The van der Waals surface area contributed by atoms with Crippen molar-refractivity contribution in [1.82, 2.24) is 15.5 Å². The number of amides is 1. The molecule has 1 aromatic heterocycles. The lowest BCUT2D eigenvalue weighted by Crippen LogP contribution is -2.30. The molecular weight excluding hydrogens is 394 g/mol. The van der Waals surface area contributed by atoms with Gasteiger partial charge in [-0.05, 0) is 49.2 Å². The molecule has 0 radical (unpaired) electrons. The average Bonchev–Trinajstić information content (AvgIpc) is 3.16. The van der Waals surface area contributed by atoms with Crippen LogP contribution in [0.2, 0.25) is 5.02 Å². The van der Waals surface area contributed by atoms with Crippen molar-refractivity contribution in [2.45, 2.75) is 37.1 Å². The van der Waals surface area contributed by atoms with E-state index in [0.717, 1.165) is 23.3 Å². The van der Waals surface area contributed by atoms with Gasteiger partial charge in [-0.1, -0.05) is 29.3 Å². The summed E-state index contributed by atoms with van der Waals surface area (Å²) in [6, 6.07) is 13.7. The van der Waals surface area contributed by atoms with Crippen molar-refractivity contribution in [3.05, 3.63) is 64.5 Å². The number of hydrogen-bond donors (Lipinski definition) is 1. The van der Waals surface area contributed by atoms with Gasteiger partial charge >= 0.3 is 0 Å². The van der Waals surface area contributed by atoms with E-state index in [4.69, 9.17) is 16.0 Å². The van der Waals surface area contributed by atoms with Gasteiger partial charge in [0, 0.05) is 34.1 Å². The van der Waals surface area contributed by atoms with E-state index in [2.05, 4.69) is 15.5 Å². The van der Waals surface area contributed by atoms with Gasteiger partial charge in [0.1, 0.15) is 0 Å². The summed E-state index contributed by atoms with van der Waals surface area (Å²) in [6.45, 7) is 2.03. The summed E-state index contributed by atoms with van der Waals surface area (Å²) in [5.41, 5.74) is 3.14. The van der Waals surface area contributed by atoms with Gasteiger partial charge in [0.25, 0.3) is 0 Å². The lowest BCUT2D eigenvalue weighted by atomic mass is 10.0. The highest BCUT2D eigenvalue weighted by atomic mass is 35.5. The molecule has 1 amide bonds. The first-order valence-corrected chi connectivity index (χ1v) is 10.6. The zero-order valence-electron chi connectivity index (χ0n) is 15.4. The van der Waals surface area contributed by atoms with Gasteiger partial charge in [-0.15, -0.1) is 22.0 Å². The highest BCUT2D eigenvalue weighted by Gasteiger charge is 2.23. The Morgan fingerprint density at radius 3 is 2.89 bits per heavy atom. The Hall–Kier alpha value is -2.31. The molecule has 0 saturated carbocycles. The van der Waals surface area contributed by atoms with Gasteiger partial charge < -0.3 is 9.73 Å². The van der Waals surface area contributed by atoms with Crippen LogP contribution in [0.5, 0.6) is 0 Å². The van der Waals surface area contributed by atoms with E-state index in [1.165, 1.54) is 10.5 Å². The molecule has 1 aliphatic rings. The molecule has 0 saturated heterocycles. The van der Waals surface area contributed by atoms with E-state index in [1.54, 1.807) is 11.8 Å². The minimum atomic E-state index is -0.0297. The third-order valence-electron chi connectivity index (χ3n) is 4.68. The number of carbonyl (C=O) groups excluding carboxylic acids is 1. The number of benzene rings is 2. The largest absolute Gasteiger partial charge is 0.421 e. The maximum absolute atomic E-state index is 12.5. The number of nitrogens with zero attached hydrogens (tertiary/aromatic N) is 2. The van der Waals surface area contributed by atoms with Crippen LogP contribution in [-0.4, -0.2) is 21.9 Å². The monoisotopic (exact) mass is 413 g/mol. The van der Waals surface area contributed by atoms with Gasteiger partial charge in [0.05, 0.1) is 6.04 Å². The molecule has 7 heteroatoms. The number of hydrogen-bond acceptors (Lipinski definition) is 5. The zero-order valence-corrected chi connectivity index (χ0v) is 17.0. The Balaban J connectivity index is 1.36. The molecule has 0 fully saturated rings. The lowest BCUT2D eigenvalue weighted by molar-refractivity contribution is -0.121. The summed E-state index contributed by atoms with van der Waals surface area (Å²) in [7, 11) is 0. The van der Waals surface area contributed by atoms with Crippen LogP contribution in [0, 0.1) is 6.92 Å². The molecule has 3 aromatic rings. The molecule has 28 heavy (non-hydrogen) atoms. The predicted octanol–water partition coefficient (Wildman–Crippen LogP) is 4.98. The molecule has 2 aromatic carbocycles. The smallest absolute Gasteiger partial charge is 0.247 e. The Morgan fingerprint density at radius 1 is 1.25 bits per heavy atom. The van der Waals surface area contributed by atoms with Crippen molar-refractivity contribution >= 4 is 29.3 Å². The Morgan fingerprint density at radius 2 is 2.07 bits per heavy atom. The summed E-state index contributed by atoms with van der Waals surface area (Å²) in [5.74, 6) is 1.89. The summed E-state index contributed by atoms with van der Waals surface area (Å²) in [4.78, 5) is 13.6. The molecule has 1 N–H and O–H groups in total. The number of fused-ring (bicyclic) bond motifs is 1. The number of thioether (sulfide) groups is 1. The maximum Gasteiger partial charge on any atom is 0.247 e. The van der Waals surface area contributed by atoms with Gasteiger partial charge in [-0.2, -0.15) is 0 Å². The minimum absolute atomic E-state index is 0.00625. The van der Waals surface area contributed by atoms with Crippen LogP contribution in [-0.2, 0) is 11.2 Å². The van der Waals surface area contributed by atoms with E-state index in [0.29, 0.717) is 29.6 Å². The van der Waals surface area contributed by atoms with E-state index in [-0.39, 0.29) is 11.9 Å². The van der Waals surface area contributed by atoms with Crippen molar-refractivity contribution in [3.63, 3.8) is 0 Å². The van der Waals surface area contributed by atoms with Crippen molar-refractivity contribution < 1.29 is 9.21 Å². The van der Waals surface area contributed by atoms with Crippen LogP contribution in [0.15, 0.2) is 51.8 Å². The zero-order chi connectivity index (χ0) is 19.5. The molecule has 1 aliphatic heterocycles. The second-order valence-electron chi connectivity index (χ2n) is 6.81. The third-order valence-corrected chi connectivity index (χ3v) is 6.04. The van der Waals surface area contributed by atoms with Crippen LogP contribution >= 0.6 is 23.4 Å². The first-order chi connectivity index (χ1) is 13.6. The molecule has 5 nitrogen and oxygen atoms in total. The number of aryl methyl sites for hydroxylation is 2. The van der Waals surface area contributed by atoms with Gasteiger partial charge in [-0.25, -0.2) is 0 Å². The first-order valence-electron chi connectivity index (χ1n) is 9.19. The fourth-order valence-electron chi connectivity index (χ4n) is 3.17. The highest BCUT2D eigenvalue weighted by molar-refractivity contribution is 7.99. The van der Waals surface area contributed by atoms with Gasteiger partial charge in [0.15, 0.2) is 0 Å². The second kappa shape index (κ2) is 8.37. The molecule has 2 heterocycles. The maximum atomic E-state index is 12.5. The standard InChI is InChI=1S/C21H20ClN3O2S/c1-13-2-4-14(5-3-13)21-25-24-20(27-21)9-8-19(26)23-17-10-11-28-18-7-6-15(22)12-16(17)18/h2-7,12,17H,8-11H2,1H3,(H,23,26)/t17-/m1/s1. The van der Waals surface area contributed by atoms with E-state index in [1.807, 2.05) is 49.4 Å². The van der Waals surface area contributed by atoms with Crippen LogP contribution in [0.4, 0.5) is 0 Å². The molecule has 4 rings (SSSR count). The first kappa shape index (κ1) is 19.0. The molecule has 0 bridgehead atoms. The quantitative estimate of drug-likeness (QED) is 0.638. The highest BCUT2D eigenvalue weighted by Crippen LogP contribution is 2.37. The number of rotatable bonds is 5. The summed E-state index contributed by atoms with van der Waals surface area (Å²) in [6.07, 6.45) is 1.60. The minimum Gasteiger partial charge on any atom is -0.421 e. The summed E-state index contributed by atoms with van der Waals surface area (Å²) < 4.78 is 5.70. The van der Waals surface area contributed by atoms with Crippen molar-refractivity contribution in [3.8, 4) is 11.5 Å². The topological polar surface area (TPSA) is 68.0 Å². The average molecular weight is 414 g/mol. The van der Waals surface area contributed by atoms with Crippen molar-refractivity contribution in [1.29, 1.82) is 0 Å². The van der Waals surface area contributed by atoms with Crippen LogP contribution in [0.1, 0.15) is 35.9 Å². The molecule has 0 aliphatic carbocycles. The molecule has 1 atom stereocenters. The van der Waals surface area contributed by atoms with E-state index in [9.17, 15) is 4.79 Å². The normalized spacial score (nSPS) is 15.9. The molecule has 0 spiro atoms. The van der Waals surface area contributed by atoms with E-state index < -0.39 is 0 Å². The second-order valence-corrected chi connectivity index (χ2v) is 8.38. The Labute approximate surface area is 172 Å².